The lowest BCUT2D eigenvalue weighted by atomic mass is 9.93. The summed E-state index contributed by atoms with van der Waals surface area (Å²) in [6.07, 6.45) is 3.51. The summed E-state index contributed by atoms with van der Waals surface area (Å²) in [6, 6.07) is 19.3. The van der Waals surface area contributed by atoms with E-state index >= 15 is 0 Å². The zero-order valence-corrected chi connectivity index (χ0v) is 20.4. The first-order valence-electron chi connectivity index (χ1n) is 12.4. The van der Waals surface area contributed by atoms with Gasteiger partial charge in [0, 0.05) is 33.9 Å². The van der Waals surface area contributed by atoms with Gasteiger partial charge in [-0.25, -0.2) is 0 Å². The number of para-hydroxylation sites is 1. The number of carbonyl (C=O) groups excluding carboxylic acids is 2. The molecule has 7 nitrogen and oxygen atoms in total. The van der Waals surface area contributed by atoms with Crippen LogP contribution in [0.1, 0.15) is 36.1 Å². The second-order valence-corrected chi connectivity index (χ2v) is 9.16. The summed E-state index contributed by atoms with van der Waals surface area (Å²) in [5, 5.41) is 12.4. The Morgan fingerprint density at radius 1 is 1.11 bits per heavy atom. The maximum atomic E-state index is 13.5. The van der Waals surface area contributed by atoms with Gasteiger partial charge < -0.3 is 19.6 Å². The highest BCUT2D eigenvalue weighted by molar-refractivity contribution is 6.51. The number of amides is 1. The van der Waals surface area contributed by atoms with Crippen LogP contribution >= 0.6 is 0 Å². The van der Waals surface area contributed by atoms with E-state index in [4.69, 9.17) is 9.47 Å². The lowest BCUT2D eigenvalue weighted by Gasteiger charge is -2.25. The highest BCUT2D eigenvalue weighted by atomic mass is 16.5. The van der Waals surface area contributed by atoms with Gasteiger partial charge in [0.2, 0.25) is 0 Å². The minimum absolute atomic E-state index is 0.0558. The molecule has 3 aromatic carbocycles. The summed E-state index contributed by atoms with van der Waals surface area (Å²) in [7, 11) is 0. The molecule has 0 bridgehead atoms. The van der Waals surface area contributed by atoms with Crippen molar-refractivity contribution in [1.29, 1.82) is 0 Å². The van der Waals surface area contributed by atoms with Crippen molar-refractivity contribution in [2.24, 2.45) is 0 Å². The van der Waals surface area contributed by atoms with Crippen molar-refractivity contribution in [3.05, 3.63) is 95.2 Å². The Hall–Kier alpha value is -4.52. The maximum absolute atomic E-state index is 13.5. The van der Waals surface area contributed by atoms with Gasteiger partial charge in [0.05, 0.1) is 24.8 Å². The maximum Gasteiger partial charge on any atom is 0.300 e. The van der Waals surface area contributed by atoms with E-state index in [1.54, 1.807) is 36.5 Å². The molecule has 1 aromatic heterocycles. The quantitative estimate of drug-likeness (QED) is 0.217. The number of carbonyl (C=O) groups is 2. The van der Waals surface area contributed by atoms with E-state index in [1.807, 2.05) is 43.3 Å². The SMILES string of the molecule is CCOc1ccc(N2C(=O)C(=O)/C(=C(/O)c3ccc4c(c3)CCCO4)C2c2c[nH]c3ccccc23)cc1. The summed E-state index contributed by atoms with van der Waals surface area (Å²) in [5.41, 5.74) is 3.66. The molecule has 7 heteroatoms. The van der Waals surface area contributed by atoms with Gasteiger partial charge >= 0.3 is 0 Å². The molecule has 1 amide bonds. The van der Waals surface area contributed by atoms with Crippen molar-refractivity contribution in [3.8, 4) is 11.5 Å². The number of aliphatic hydroxyl groups excluding tert-OH is 1. The van der Waals surface area contributed by atoms with Gasteiger partial charge in [0.1, 0.15) is 17.3 Å². The third-order valence-electron chi connectivity index (χ3n) is 6.97. The van der Waals surface area contributed by atoms with Gasteiger partial charge in [-0.05, 0) is 73.9 Å². The molecule has 2 N–H and O–H groups in total. The molecule has 1 fully saturated rings. The monoisotopic (exact) mass is 494 g/mol. The predicted molar refractivity (Wildman–Crippen MR) is 141 cm³/mol. The Labute approximate surface area is 213 Å². The number of aromatic nitrogens is 1. The molecule has 1 atom stereocenters. The molecule has 2 aliphatic rings. The van der Waals surface area contributed by atoms with E-state index in [1.165, 1.54) is 4.90 Å². The van der Waals surface area contributed by atoms with Crippen molar-refractivity contribution >= 4 is 34.0 Å². The average Bonchev–Trinajstić information content (AvgIpc) is 3.47. The molecule has 0 radical (unpaired) electrons. The van der Waals surface area contributed by atoms with Crippen LogP contribution < -0.4 is 14.4 Å². The topological polar surface area (TPSA) is 91.9 Å². The Morgan fingerprint density at radius 3 is 2.73 bits per heavy atom. The van der Waals surface area contributed by atoms with Gasteiger partial charge in [-0.15, -0.1) is 0 Å². The number of Topliss-reactive ketones (excluding diaryl/α,β-unsaturated/α-hetero) is 1. The van der Waals surface area contributed by atoms with E-state index in [2.05, 4.69) is 4.98 Å². The Kier molecular flexibility index (Phi) is 5.68. The third kappa shape index (κ3) is 3.83. The summed E-state index contributed by atoms with van der Waals surface area (Å²) in [5.74, 6) is -0.165. The van der Waals surface area contributed by atoms with Crippen molar-refractivity contribution in [1.82, 2.24) is 4.98 Å². The molecule has 37 heavy (non-hydrogen) atoms. The smallest absolute Gasteiger partial charge is 0.300 e. The van der Waals surface area contributed by atoms with Crippen LogP contribution in [0.25, 0.3) is 16.7 Å². The zero-order chi connectivity index (χ0) is 25.5. The fourth-order valence-corrected chi connectivity index (χ4v) is 5.25. The highest BCUT2D eigenvalue weighted by Crippen LogP contribution is 2.44. The van der Waals surface area contributed by atoms with Crippen LogP contribution in [0.3, 0.4) is 0 Å². The lowest BCUT2D eigenvalue weighted by Crippen LogP contribution is -2.29. The first kappa shape index (κ1) is 22.9. The molecule has 1 saturated heterocycles. The Balaban J connectivity index is 1.54. The highest BCUT2D eigenvalue weighted by Gasteiger charge is 2.47. The van der Waals surface area contributed by atoms with E-state index in [0.29, 0.717) is 30.2 Å². The van der Waals surface area contributed by atoms with Crippen LogP contribution in [0.5, 0.6) is 11.5 Å². The molecule has 1 unspecified atom stereocenters. The number of nitrogens with zero attached hydrogens (tertiary/aromatic N) is 1. The minimum Gasteiger partial charge on any atom is -0.507 e. The second kappa shape index (κ2) is 9.17. The number of nitrogens with one attached hydrogen (secondary N) is 1. The largest absolute Gasteiger partial charge is 0.507 e. The number of anilines is 1. The Morgan fingerprint density at radius 2 is 1.92 bits per heavy atom. The molecule has 3 heterocycles. The normalized spacial score (nSPS) is 18.6. The number of hydrogen-bond donors (Lipinski definition) is 2. The van der Waals surface area contributed by atoms with Gasteiger partial charge in [0.25, 0.3) is 11.7 Å². The van der Waals surface area contributed by atoms with Gasteiger partial charge in [-0.2, -0.15) is 0 Å². The van der Waals surface area contributed by atoms with Crippen molar-refractivity contribution in [2.75, 3.05) is 18.1 Å². The first-order chi connectivity index (χ1) is 18.1. The van der Waals surface area contributed by atoms with E-state index in [9.17, 15) is 14.7 Å². The fourth-order valence-electron chi connectivity index (χ4n) is 5.25. The van der Waals surface area contributed by atoms with E-state index in [0.717, 1.165) is 40.6 Å². The molecular weight excluding hydrogens is 468 g/mol. The molecular formula is C30H26N2O5. The fraction of sp³-hybridized carbons (Fsp3) is 0.200. The number of ether oxygens (including phenoxy) is 2. The number of ketones is 1. The summed E-state index contributed by atoms with van der Waals surface area (Å²) < 4.78 is 11.3. The second-order valence-electron chi connectivity index (χ2n) is 9.16. The summed E-state index contributed by atoms with van der Waals surface area (Å²) >= 11 is 0. The number of aliphatic hydroxyl groups is 1. The van der Waals surface area contributed by atoms with Crippen LogP contribution in [0, 0.1) is 0 Å². The molecule has 0 saturated carbocycles. The third-order valence-corrected chi connectivity index (χ3v) is 6.97. The summed E-state index contributed by atoms with van der Waals surface area (Å²) in [6.45, 7) is 3.08. The van der Waals surface area contributed by atoms with Crippen LogP contribution in [0.2, 0.25) is 0 Å². The Bertz CT molecular complexity index is 1550. The molecule has 0 aliphatic carbocycles. The van der Waals surface area contributed by atoms with Crippen LogP contribution in [-0.4, -0.2) is 35.0 Å². The van der Waals surface area contributed by atoms with Gasteiger partial charge in [-0.1, -0.05) is 18.2 Å². The molecule has 4 aromatic rings. The van der Waals surface area contributed by atoms with Crippen molar-refractivity contribution in [3.63, 3.8) is 0 Å². The van der Waals surface area contributed by atoms with Crippen LogP contribution in [0.4, 0.5) is 5.69 Å². The standard InChI is InChI=1S/C30H26N2O5/c1-2-36-21-12-10-20(11-13-21)32-27(23-17-31-24-8-4-3-7-22(23)24)26(29(34)30(32)35)28(33)19-9-14-25-18(16-19)6-5-15-37-25/h3-4,7-14,16-17,27,31,33H,2,5-6,15H2,1H3/b28-26+. The number of aromatic amines is 1. The van der Waals surface area contributed by atoms with E-state index < -0.39 is 17.7 Å². The first-order valence-corrected chi connectivity index (χ1v) is 12.4. The zero-order valence-electron chi connectivity index (χ0n) is 20.4. The van der Waals surface area contributed by atoms with Gasteiger partial charge in [-0.3, -0.25) is 14.5 Å². The number of fused-ring (bicyclic) bond motifs is 2. The molecule has 0 spiro atoms. The molecule has 186 valence electrons. The predicted octanol–water partition coefficient (Wildman–Crippen LogP) is 5.52. The van der Waals surface area contributed by atoms with Crippen molar-refractivity contribution < 1.29 is 24.2 Å². The minimum atomic E-state index is -0.818. The summed E-state index contributed by atoms with van der Waals surface area (Å²) in [4.78, 5) is 31.7. The van der Waals surface area contributed by atoms with Crippen molar-refractivity contribution in [2.45, 2.75) is 25.8 Å². The van der Waals surface area contributed by atoms with Crippen LogP contribution in [0.15, 0.2) is 78.5 Å². The average molecular weight is 495 g/mol. The van der Waals surface area contributed by atoms with Crippen LogP contribution in [-0.2, 0) is 16.0 Å². The molecule has 2 aliphatic heterocycles. The number of aryl methyl sites for hydroxylation is 1. The number of hydrogen-bond acceptors (Lipinski definition) is 5. The van der Waals surface area contributed by atoms with E-state index in [-0.39, 0.29) is 11.3 Å². The molecule has 6 rings (SSSR count). The van der Waals surface area contributed by atoms with Gasteiger partial charge in [0.15, 0.2) is 0 Å². The number of H-pyrrole nitrogens is 1. The lowest BCUT2D eigenvalue weighted by molar-refractivity contribution is -0.132. The number of rotatable bonds is 5. The number of benzene rings is 3.